The highest BCUT2D eigenvalue weighted by Gasteiger charge is 2.30. The van der Waals surface area contributed by atoms with Crippen LogP contribution in [0.3, 0.4) is 0 Å². The first-order valence-electron chi connectivity index (χ1n) is 10.8. The number of aryl methyl sites for hydroxylation is 1. The first-order chi connectivity index (χ1) is 17.1. The summed E-state index contributed by atoms with van der Waals surface area (Å²) >= 11 is 0. The summed E-state index contributed by atoms with van der Waals surface area (Å²) < 4.78 is 41.1. The number of hydrogen-bond acceptors (Lipinski definition) is 5. The zero-order valence-electron chi connectivity index (χ0n) is 19.0. The lowest BCUT2D eigenvalue weighted by Gasteiger charge is -2.13. The van der Waals surface area contributed by atoms with Gasteiger partial charge < -0.3 is 5.32 Å². The molecule has 0 aliphatic rings. The maximum absolute atomic E-state index is 13.2. The highest BCUT2D eigenvalue weighted by Crippen LogP contribution is 2.29. The summed E-state index contributed by atoms with van der Waals surface area (Å²) in [6, 6.07) is 16.0. The highest BCUT2D eigenvalue weighted by molar-refractivity contribution is 5.91. The summed E-state index contributed by atoms with van der Waals surface area (Å²) in [5, 5.41) is 6.54. The van der Waals surface area contributed by atoms with E-state index in [-0.39, 0.29) is 17.8 Å². The molecule has 0 saturated carbocycles. The molecule has 2 aromatic carbocycles. The van der Waals surface area contributed by atoms with Gasteiger partial charge in [-0.2, -0.15) is 23.0 Å². The van der Waals surface area contributed by atoms with Crippen LogP contribution in [0.2, 0.25) is 0 Å². The number of aromatic nitrogens is 4. The van der Waals surface area contributed by atoms with Crippen LogP contribution in [0.1, 0.15) is 32.9 Å². The predicted octanol–water partition coefficient (Wildman–Crippen LogP) is 3.09. The fourth-order valence-electron chi connectivity index (χ4n) is 3.44. The van der Waals surface area contributed by atoms with Crippen molar-refractivity contribution in [2.45, 2.75) is 26.2 Å². The third-order valence-corrected chi connectivity index (χ3v) is 5.30. The number of benzene rings is 2. The van der Waals surface area contributed by atoms with Crippen molar-refractivity contribution < 1.29 is 18.0 Å². The van der Waals surface area contributed by atoms with Gasteiger partial charge in [0.25, 0.3) is 11.5 Å². The third kappa shape index (κ3) is 5.40. The third-order valence-electron chi connectivity index (χ3n) is 5.30. The highest BCUT2D eigenvalue weighted by atomic mass is 19.4. The molecule has 4 aromatic rings. The molecule has 0 spiro atoms. The fourth-order valence-corrected chi connectivity index (χ4v) is 3.44. The molecule has 1 N–H and O–H groups in total. The lowest BCUT2D eigenvalue weighted by Crippen LogP contribution is -2.46. The van der Waals surface area contributed by atoms with Crippen LogP contribution in [0.5, 0.6) is 0 Å². The topological polar surface area (TPSA) is 98.9 Å². The standard InChI is InChI=1S/C25H20F3N5O3/c1-16-8-10-20(11-9-16)33-24(36)32(15-17-5-4-6-18(13-17)25(26,27)28)23(35)21(31-33)22(34)30-14-19-7-2-3-12-29-19/h2-13H,14-15H2,1H3,(H,30,34). The number of carbonyl (C=O) groups excluding carboxylic acids is 1. The fraction of sp³-hybridized carbons (Fsp3) is 0.160. The molecule has 11 heteroatoms. The normalized spacial score (nSPS) is 11.3. The van der Waals surface area contributed by atoms with Crippen LogP contribution in [0.15, 0.2) is 82.5 Å². The number of hydrogen-bond donors (Lipinski definition) is 1. The molecule has 0 saturated heterocycles. The Hall–Kier alpha value is -4.54. The van der Waals surface area contributed by atoms with E-state index in [1.165, 1.54) is 12.1 Å². The van der Waals surface area contributed by atoms with E-state index < -0.39 is 41.1 Å². The van der Waals surface area contributed by atoms with E-state index in [1.807, 2.05) is 6.92 Å². The van der Waals surface area contributed by atoms with Crippen LogP contribution in [0, 0.1) is 6.92 Å². The van der Waals surface area contributed by atoms with Crippen molar-refractivity contribution in [2.24, 2.45) is 0 Å². The van der Waals surface area contributed by atoms with Crippen molar-refractivity contribution in [2.75, 3.05) is 0 Å². The number of alkyl halides is 3. The van der Waals surface area contributed by atoms with Crippen LogP contribution in [-0.2, 0) is 19.3 Å². The molecule has 4 rings (SSSR count). The first-order valence-corrected chi connectivity index (χ1v) is 10.8. The Morgan fingerprint density at radius 1 is 1.00 bits per heavy atom. The Kier molecular flexibility index (Phi) is 6.82. The number of nitrogens with one attached hydrogen (secondary N) is 1. The summed E-state index contributed by atoms with van der Waals surface area (Å²) in [6.07, 6.45) is -3.06. The molecular weight excluding hydrogens is 475 g/mol. The number of nitrogens with zero attached hydrogens (tertiary/aromatic N) is 4. The van der Waals surface area contributed by atoms with E-state index in [1.54, 1.807) is 48.7 Å². The lowest BCUT2D eigenvalue weighted by molar-refractivity contribution is -0.137. The average Bonchev–Trinajstić information content (AvgIpc) is 2.86. The molecule has 2 aromatic heterocycles. The lowest BCUT2D eigenvalue weighted by atomic mass is 10.1. The molecule has 0 radical (unpaired) electrons. The molecule has 2 heterocycles. The number of halogens is 3. The van der Waals surface area contributed by atoms with Gasteiger partial charge in [0.1, 0.15) is 0 Å². The molecule has 1 amide bonds. The number of rotatable bonds is 6. The summed E-state index contributed by atoms with van der Waals surface area (Å²) in [5.74, 6) is -0.857. The minimum atomic E-state index is -4.60. The molecule has 0 unspecified atom stereocenters. The minimum Gasteiger partial charge on any atom is -0.345 e. The summed E-state index contributed by atoms with van der Waals surface area (Å²) in [7, 11) is 0. The largest absolute Gasteiger partial charge is 0.416 e. The molecule has 0 atom stereocenters. The molecule has 8 nitrogen and oxygen atoms in total. The average molecular weight is 495 g/mol. The monoisotopic (exact) mass is 495 g/mol. The van der Waals surface area contributed by atoms with Crippen molar-refractivity contribution in [3.8, 4) is 5.69 Å². The second kappa shape index (κ2) is 9.98. The van der Waals surface area contributed by atoms with Gasteiger partial charge in [-0.1, -0.05) is 35.9 Å². The Labute approximate surface area is 202 Å². The Morgan fingerprint density at radius 2 is 1.75 bits per heavy atom. The Bertz CT molecular complexity index is 1510. The van der Waals surface area contributed by atoms with Gasteiger partial charge in [-0.3, -0.25) is 19.1 Å². The van der Waals surface area contributed by atoms with Crippen LogP contribution >= 0.6 is 0 Å². The van der Waals surface area contributed by atoms with Gasteiger partial charge in [0.05, 0.1) is 30.0 Å². The summed E-state index contributed by atoms with van der Waals surface area (Å²) in [6.45, 7) is 1.35. The van der Waals surface area contributed by atoms with Crippen molar-refractivity contribution in [1.82, 2.24) is 24.6 Å². The second-order valence-electron chi connectivity index (χ2n) is 7.97. The molecule has 0 bridgehead atoms. The van der Waals surface area contributed by atoms with Gasteiger partial charge in [0, 0.05) is 6.20 Å². The van der Waals surface area contributed by atoms with E-state index >= 15 is 0 Å². The van der Waals surface area contributed by atoms with Crippen LogP contribution in [0.4, 0.5) is 13.2 Å². The molecular formula is C25H20F3N5O3. The van der Waals surface area contributed by atoms with Crippen molar-refractivity contribution in [3.63, 3.8) is 0 Å². The van der Waals surface area contributed by atoms with E-state index in [4.69, 9.17) is 0 Å². The quantitative estimate of drug-likeness (QED) is 0.443. The van der Waals surface area contributed by atoms with E-state index in [0.29, 0.717) is 10.3 Å². The van der Waals surface area contributed by atoms with Gasteiger partial charge in [0.2, 0.25) is 5.69 Å². The maximum atomic E-state index is 13.2. The van der Waals surface area contributed by atoms with Crippen LogP contribution in [-0.4, -0.2) is 25.2 Å². The number of pyridine rings is 1. The number of amides is 1. The maximum Gasteiger partial charge on any atom is 0.416 e. The smallest absolute Gasteiger partial charge is 0.345 e. The Balaban J connectivity index is 1.79. The van der Waals surface area contributed by atoms with Crippen molar-refractivity contribution in [1.29, 1.82) is 0 Å². The minimum absolute atomic E-state index is 0.00191. The summed E-state index contributed by atoms with van der Waals surface area (Å²) in [4.78, 5) is 43.4. The molecule has 0 fully saturated rings. The van der Waals surface area contributed by atoms with Gasteiger partial charge >= 0.3 is 11.9 Å². The van der Waals surface area contributed by atoms with Crippen LogP contribution < -0.4 is 16.6 Å². The van der Waals surface area contributed by atoms with E-state index in [9.17, 15) is 27.6 Å². The van der Waals surface area contributed by atoms with E-state index in [0.717, 1.165) is 22.4 Å². The van der Waals surface area contributed by atoms with Gasteiger partial charge in [-0.15, -0.1) is 0 Å². The van der Waals surface area contributed by atoms with Gasteiger partial charge in [-0.25, -0.2) is 4.79 Å². The van der Waals surface area contributed by atoms with Gasteiger partial charge in [-0.05, 0) is 48.9 Å². The van der Waals surface area contributed by atoms with E-state index in [2.05, 4.69) is 15.4 Å². The summed E-state index contributed by atoms with van der Waals surface area (Å²) in [5.41, 5.74) is -1.67. The molecule has 0 aliphatic carbocycles. The zero-order chi connectivity index (χ0) is 25.9. The van der Waals surface area contributed by atoms with Gasteiger partial charge in [0.15, 0.2) is 0 Å². The van der Waals surface area contributed by atoms with Crippen molar-refractivity contribution >= 4 is 5.91 Å². The zero-order valence-corrected chi connectivity index (χ0v) is 19.0. The molecule has 36 heavy (non-hydrogen) atoms. The Morgan fingerprint density at radius 3 is 2.42 bits per heavy atom. The van der Waals surface area contributed by atoms with Crippen LogP contribution in [0.25, 0.3) is 5.69 Å². The van der Waals surface area contributed by atoms with Crippen molar-refractivity contribution in [3.05, 3.63) is 122 Å². The molecule has 184 valence electrons. The number of carbonyl (C=O) groups is 1. The molecule has 0 aliphatic heterocycles. The first kappa shape index (κ1) is 24.6. The SMILES string of the molecule is Cc1ccc(-n2nc(C(=O)NCc3ccccn3)c(=O)n(Cc3cccc(C(F)(F)F)c3)c2=O)cc1. The predicted molar refractivity (Wildman–Crippen MR) is 125 cm³/mol. The second-order valence-corrected chi connectivity index (χ2v) is 7.97.